The first-order chi connectivity index (χ1) is 30.7. The van der Waals surface area contributed by atoms with Gasteiger partial charge >= 0.3 is 0 Å². The minimum atomic E-state index is 0.860. The van der Waals surface area contributed by atoms with E-state index in [0.29, 0.717) is 0 Å². The van der Waals surface area contributed by atoms with E-state index in [9.17, 15) is 0 Å². The third kappa shape index (κ3) is 6.04. The average Bonchev–Trinajstić information content (AvgIpc) is 3.75. The maximum atomic E-state index is 6.73. The van der Waals surface area contributed by atoms with Gasteiger partial charge in [-0.3, -0.25) is 0 Å². The first kappa shape index (κ1) is 35.7. The number of hydrogen-bond donors (Lipinski definition) is 0. The lowest BCUT2D eigenvalue weighted by atomic mass is 9.92. The Labute approximate surface area is 360 Å². The molecule has 2 heteroatoms. The third-order valence-electron chi connectivity index (χ3n) is 12.5. The number of anilines is 3. The van der Waals surface area contributed by atoms with Gasteiger partial charge in [0.2, 0.25) is 0 Å². The number of hydrogen-bond acceptors (Lipinski definition) is 2. The van der Waals surface area contributed by atoms with Crippen LogP contribution in [0.2, 0.25) is 0 Å². The van der Waals surface area contributed by atoms with Crippen LogP contribution in [0.5, 0.6) is 0 Å². The Kier molecular flexibility index (Phi) is 8.53. The van der Waals surface area contributed by atoms with Crippen LogP contribution in [0.1, 0.15) is 0 Å². The van der Waals surface area contributed by atoms with Gasteiger partial charge in [0.1, 0.15) is 11.2 Å². The molecule has 0 atom stereocenters. The fraction of sp³-hybridized carbons (Fsp3) is 0. The molecule has 0 fully saturated rings. The molecule has 0 saturated heterocycles. The first-order valence-corrected chi connectivity index (χ1v) is 21.2. The van der Waals surface area contributed by atoms with Crippen molar-refractivity contribution >= 4 is 71.3 Å². The second kappa shape index (κ2) is 14.8. The highest BCUT2D eigenvalue weighted by Gasteiger charge is 2.22. The van der Waals surface area contributed by atoms with Crippen molar-refractivity contribution < 1.29 is 4.42 Å². The van der Waals surface area contributed by atoms with Crippen molar-refractivity contribution in [2.24, 2.45) is 0 Å². The highest BCUT2D eigenvalue weighted by Crippen LogP contribution is 2.46. The Morgan fingerprint density at radius 3 is 1.60 bits per heavy atom. The van der Waals surface area contributed by atoms with Gasteiger partial charge in [-0.2, -0.15) is 0 Å². The number of nitrogens with zero attached hydrogens (tertiary/aromatic N) is 1. The summed E-state index contributed by atoms with van der Waals surface area (Å²) in [5.74, 6) is 0. The normalized spacial score (nSPS) is 11.5. The first-order valence-electron chi connectivity index (χ1n) is 21.2. The largest absolute Gasteiger partial charge is 0.455 e. The number of rotatable bonds is 7. The molecule has 0 unspecified atom stereocenters. The Bertz CT molecular complexity index is 3610. The maximum absolute atomic E-state index is 6.73. The molecule has 62 heavy (non-hydrogen) atoms. The minimum absolute atomic E-state index is 0.860. The summed E-state index contributed by atoms with van der Waals surface area (Å²) in [5.41, 5.74) is 14.4. The quantitative estimate of drug-likeness (QED) is 0.150. The molecular weight excluding hydrogens is 751 g/mol. The molecule has 1 heterocycles. The van der Waals surface area contributed by atoms with Crippen LogP contribution in [0, 0.1) is 0 Å². The Balaban J connectivity index is 1.00. The smallest absolute Gasteiger partial charge is 0.143 e. The topological polar surface area (TPSA) is 16.4 Å². The molecule has 0 radical (unpaired) electrons. The Hall–Kier alpha value is -8.20. The zero-order valence-electron chi connectivity index (χ0n) is 33.9. The fourth-order valence-corrected chi connectivity index (χ4v) is 9.48. The van der Waals surface area contributed by atoms with Gasteiger partial charge < -0.3 is 9.32 Å². The fourth-order valence-electron chi connectivity index (χ4n) is 9.48. The van der Waals surface area contributed by atoms with Crippen LogP contribution in [0.15, 0.2) is 241 Å². The summed E-state index contributed by atoms with van der Waals surface area (Å²) in [6.07, 6.45) is 0. The van der Waals surface area contributed by atoms with E-state index in [1.165, 1.54) is 60.5 Å². The second-order valence-corrected chi connectivity index (χ2v) is 16.0. The predicted octanol–water partition coefficient (Wildman–Crippen LogP) is 17.2. The lowest BCUT2D eigenvalue weighted by molar-refractivity contribution is 0.672. The Morgan fingerprint density at radius 1 is 0.290 bits per heavy atom. The third-order valence-corrected chi connectivity index (χ3v) is 12.5. The molecular formula is C60H39NO. The van der Waals surface area contributed by atoms with E-state index in [4.69, 9.17) is 4.42 Å². The van der Waals surface area contributed by atoms with Crippen molar-refractivity contribution in [3.8, 4) is 44.5 Å². The lowest BCUT2D eigenvalue weighted by Gasteiger charge is -2.27. The molecule has 290 valence electrons. The van der Waals surface area contributed by atoms with Crippen molar-refractivity contribution in [2.75, 3.05) is 4.90 Å². The zero-order chi connectivity index (χ0) is 41.0. The SMILES string of the molecule is c1ccc(-c2ccc(N(c3ccc(-c4ccc(-c5cc6ccccc6c6ccccc56)cc4)cc3)c3cccc4oc5c6ccccc6ccc5c34)cc2-c2ccccc2)cc1. The van der Waals surface area contributed by atoms with Gasteiger partial charge in [0, 0.05) is 22.1 Å². The van der Waals surface area contributed by atoms with E-state index >= 15 is 0 Å². The molecule has 12 aromatic rings. The van der Waals surface area contributed by atoms with Crippen molar-refractivity contribution in [3.63, 3.8) is 0 Å². The van der Waals surface area contributed by atoms with Crippen LogP contribution >= 0.6 is 0 Å². The number of benzene rings is 11. The highest BCUT2D eigenvalue weighted by molar-refractivity contribution is 6.20. The van der Waals surface area contributed by atoms with Crippen LogP contribution in [-0.4, -0.2) is 0 Å². The maximum Gasteiger partial charge on any atom is 0.143 e. The van der Waals surface area contributed by atoms with Gasteiger partial charge in [0.25, 0.3) is 0 Å². The van der Waals surface area contributed by atoms with Crippen molar-refractivity contribution in [1.82, 2.24) is 0 Å². The number of fused-ring (bicyclic) bond motifs is 8. The summed E-state index contributed by atoms with van der Waals surface area (Å²) < 4.78 is 6.73. The lowest BCUT2D eigenvalue weighted by Crippen LogP contribution is -2.10. The molecule has 0 spiro atoms. The molecule has 12 rings (SSSR count). The average molecular weight is 790 g/mol. The van der Waals surface area contributed by atoms with E-state index in [-0.39, 0.29) is 0 Å². The number of furan rings is 1. The van der Waals surface area contributed by atoms with Gasteiger partial charge in [-0.05, 0) is 120 Å². The van der Waals surface area contributed by atoms with Gasteiger partial charge in [-0.1, -0.05) is 188 Å². The Morgan fingerprint density at radius 2 is 0.855 bits per heavy atom. The van der Waals surface area contributed by atoms with Crippen molar-refractivity contribution in [2.45, 2.75) is 0 Å². The summed E-state index contributed by atoms with van der Waals surface area (Å²) in [7, 11) is 0. The molecule has 11 aromatic carbocycles. The van der Waals surface area contributed by atoms with Gasteiger partial charge in [-0.25, -0.2) is 0 Å². The van der Waals surface area contributed by atoms with Crippen LogP contribution < -0.4 is 4.90 Å². The van der Waals surface area contributed by atoms with Crippen LogP contribution in [0.25, 0.3) is 98.8 Å². The molecule has 0 amide bonds. The summed E-state index contributed by atoms with van der Waals surface area (Å²) in [5, 5.41) is 9.54. The molecule has 0 aliphatic heterocycles. The van der Waals surface area contributed by atoms with Gasteiger partial charge in [0.05, 0.1) is 11.1 Å². The van der Waals surface area contributed by atoms with E-state index in [1.807, 2.05) is 0 Å². The molecule has 0 aliphatic carbocycles. The van der Waals surface area contributed by atoms with Crippen molar-refractivity contribution in [3.05, 3.63) is 237 Å². The predicted molar refractivity (Wildman–Crippen MR) is 263 cm³/mol. The van der Waals surface area contributed by atoms with E-state index < -0.39 is 0 Å². The monoisotopic (exact) mass is 789 g/mol. The van der Waals surface area contributed by atoms with E-state index in [1.54, 1.807) is 0 Å². The molecule has 0 saturated carbocycles. The second-order valence-electron chi connectivity index (χ2n) is 16.0. The standard InChI is InChI=1S/C60H39NO/c1-3-14-42(15-4-1)50-37-35-48(39-56(50)43-16-5-2-6-17-43)61(57-24-13-25-58-59(57)54-36-32-44-18-7-10-21-51(44)60(54)62-58)47-33-30-41(31-34-47)40-26-28-45(29-27-40)55-38-46-19-8-9-20-49(46)52-22-11-12-23-53(52)55/h1-39H. The minimum Gasteiger partial charge on any atom is -0.455 e. The van der Waals surface area contributed by atoms with E-state index in [0.717, 1.165) is 55.3 Å². The van der Waals surface area contributed by atoms with Crippen LogP contribution in [-0.2, 0) is 0 Å². The molecule has 2 nitrogen and oxygen atoms in total. The van der Waals surface area contributed by atoms with Gasteiger partial charge in [0.15, 0.2) is 0 Å². The zero-order valence-corrected chi connectivity index (χ0v) is 33.9. The molecule has 1 aromatic heterocycles. The summed E-state index contributed by atoms with van der Waals surface area (Å²) in [6.45, 7) is 0. The van der Waals surface area contributed by atoms with Gasteiger partial charge in [-0.15, -0.1) is 0 Å². The van der Waals surface area contributed by atoms with Crippen molar-refractivity contribution in [1.29, 1.82) is 0 Å². The molecule has 0 aliphatic rings. The molecule has 0 bridgehead atoms. The van der Waals surface area contributed by atoms with Crippen LogP contribution in [0.3, 0.4) is 0 Å². The summed E-state index contributed by atoms with van der Waals surface area (Å²) >= 11 is 0. The molecule has 0 N–H and O–H groups in total. The summed E-state index contributed by atoms with van der Waals surface area (Å²) in [6, 6.07) is 85.4. The summed E-state index contributed by atoms with van der Waals surface area (Å²) in [4.78, 5) is 2.39. The van der Waals surface area contributed by atoms with E-state index in [2.05, 4.69) is 241 Å². The van der Waals surface area contributed by atoms with Crippen LogP contribution in [0.4, 0.5) is 17.1 Å². The highest BCUT2D eigenvalue weighted by atomic mass is 16.3.